The van der Waals surface area contributed by atoms with Crippen LogP contribution < -0.4 is 5.32 Å². The minimum atomic E-state index is -0.856. The molecule has 0 aromatic heterocycles. The molecule has 1 aliphatic heterocycles. The number of allylic oxidation sites excluding steroid dienone is 1. The van der Waals surface area contributed by atoms with Gasteiger partial charge in [-0.1, -0.05) is 12.1 Å². The zero-order valence-electron chi connectivity index (χ0n) is 13.9. The fourth-order valence-electron chi connectivity index (χ4n) is 2.30. The molecule has 132 valence electrons. The molecule has 1 fully saturated rings. The molecule has 25 heavy (non-hydrogen) atoms. The van der Waals surface area contributed by atoms with Gasteiger partial charge in [0.15, 0.2) is 0 Å². The molecule has 1 aromatic carbocycles. The molecule has 8 heteroatoms. The molecule has 0 saturated carbocycles. The number of urea groups is 1. The third-order valence-corrected chi connectivity index (χ3v) is 3.76. The van der Waals surface area contributed by atoms with Crippen molar-refractivity contribution in [3.63, 3.8) is 0 Å². The molecule has 0 unspecified atom stereocenters. The summed E-state index contributed by atoms with van der Waals surface area (Å²) in [4.78, 5) is 48.1. The number of hydrogen-bond donors (Lipinski definition) is 1. The first kappa shape index (κ1) is 18.3. The highest BCUT2D eigenvalue weighted by Gasteiger charge is 2.41. The van der Waals surface area contributed by atoms with Gasteiger partial charge in [0.25, 0.3) is 0 Å². The Morgan fingerprint density at radius 2 is 1.80 bits per heavy atom. The molecule has 1 saturated heterocycles. The van der Waals surface area contributed by atoms with Crippen molar-refractivity contribution in [3.05, 3.63) is 41.7 Å². The molecule has 1 aliphatic rings. The van der Waals surface area contributed by atoms with Crippen molar-refractivity contribution in [3.8, 4) is 0 Å². The second kappa shape index (κ2) is 7.69. The molecule has 1 N–H and O–H groups in total. The lowest BCUT2D eigenvalue weighted by Crippen LogP contribution is -2.34. The van der Waals surface area contributed by atoms with Crippen LogP contribution in [0.1, 0.15) is 18.9 Å². The van der Waals surface area contributed by atoms with E-state index < -0.39 is 17.8 Å². The normalized spacial score (nSPS) is 15.2. The average molecular weight is 347 g/mol. The molecule has 7 nitrogen and oxygen atoms in total. The zero-order chi connectivity index (χ0) is 18.6. The SMILES string of the molecule is C/C(=C/C(=O)NCCCN1C(=O)C(=O)N(C)C1=O)c1ccc(F)cc1. The standard InChI is InChI=1S/C17H18FN3O4/c1-11(12-4-6-13(18)7-5-12)10-14(22)19-8-3-9-21-16(24)15(23)20(2)17(21)25/h4-7,10H,3,8-9H2,1-2H3,(H,19,22)/b11-10-. The number of carbonyl (C=O) groups is 4. The molecular formula is C17H18FN3O4. The van der Waals surface area contributed by atoms with Crippen LogP contribution in [0.2, 0.25) is 0 Å². The molecule has 1 heterocycles. The maximum absolute atomic E-state index is 12.9. The van der Waals surface area contributed by atoms with Crippen LogP contribution in [0.25, 0.3) is 5.57 Å². The highest BCUT2D eigenvalue weighted by Crippen LogP contribution is 2.14. The van der Waals surface area contributed by atoms with Gasteiger partial charge in [0, 0.05) is 26.2 Å². The fourth-order valence-corrected chi connectivity index (χ4v) is 2.30. The first-order valence-corrected chi connectivity index (χ1v) is 7.67. The van der Waals surface area contributed by atoms with Gasteiger partial charge in [0.05, 0.1) is 0 Å². The molecule has 0 bridgehead atoms. The van der Waals surface area contributed by atoms with Crippen LogP contribution in [0.4, 0.5) is 9.18 Å². The van der Waals surface area contributed by atoms with Crippen molar-refractivity contribution in [2.45, 2.75) is 13.3 Å². The molecular weight excluding hydrogens is 329 g/mol. The lowest BCUT2D eigenvalue weighted by atomic mass is 10.1. The molecule has 5 amide bonds. The van der Waals surface area contributed by atoms with Crippen LogP contribution in [-0.4, -0.2) is 53.7 Å². The predicted octanol–water partition coefficient (Wildman–Crippen LogP) is 1.16. The van der Waals surface area contributed by atoms with Crippen molar-refractivity contribution in [1.29, 1.82) is 0 Å². The lowest BCUT2D eigenvalue weighted by Gasteiger charge is -2.12. The van der Waals surface area contributed by atoms with E-state index in [1.165, 1.54) is 25.3 Å². The van der Waals surface area contributed by atoms with Gasteiger partial charge in [0.1, 0.15) is 5.82 Å². The minimum Gasteiger partial charge on any atom is -0.352 e. The van der Waals surface area contributed by atoms with E-state index >= 15 is 0 Å². The van der Waals surface area contributed by atoms with Crippen molar-refractivity contribution in [2.24, 2.45) is 0 Å². The van der Waals surface area contributed by atoms with E-state index in [0.29, 0.717) is 12.0 Å². The Bertz CT molecular complexity index is 743. The monoisotopic (exact) mass is 347 g/mol. The third kappa shape index (κ3) is 4.28. The van der Waals surface area contributed by atoms with Crippen molar-refractivity contribution < 1.29 is 23.6 Å². The average Bonchev–Trinajstić information content (AvgIpc) is 2.76. The summed E-state index contributed by atoms with van der Waals surface area (Å²) in [7, 11) is 1.24. The number of rotatable bonds is 6. The number of hydrogen-bond acceptors (Lipinski definition) is 4. The van der Waals surface area contributed by atoms with Gasteiger partial charge < -0.3 is 5.32 Å². The summed E-state index contributed by atoms with van der Waals surface area (Å²) in [5, 5.41) is 2.63. The smallest absolute Gasteiger partial charge is 0.333 e. The number of benzene rings is 1. The topological polar surface area (TPSA) is 86.8 Å². The Morgan fingerprint density at radius 3 is 2.36 bits per heavy atom. The minimum absolute atomic E-state index is 0.0503. The fraction of sp³-hybridized carbons (Fsp3) is 0.294. The first-order valence-electron chi connectivity index (χ1n) is 7.67. The lowest BCUT2D eigenvalue weighted by molar-refractivity contribution is -0.142. The number of imide groups is 2. The number of nitrogens with zero attached hydrogens (tertiary/aromatic N) is 2. The molecule has 0 spiro atoms. The number of halogens is 1. The first-order chi connectivity index (χ1) is 11.8. The maximum Gasteiger partial charge on any atom is 0.333 e. The number of carbonyl (C=O) groups excluding carboxylic acids is 4. The second-order valence-electron chi connectivity index (χ2n) is 5.58. The molecule has 2 rings (SSSR count). The summed E-state index contributed by atoms with van der Waals surface area (Å²) in [6, 6.07) is 5.12. The Hall–Kier alpha value is -3.03. The molecule has 0 radical (unpaired) electrons. The van der Waals surface area contributed by atoms with Gasteiger partial charge >= 0.3 is 17.8 Å². The van der Waals surface area contributed by atoms with Gasteiger partial charge in [-0.05, 0) is 36.6 Å². The van der Waals surface area contributed by atoms with Gasteiger partial charge in [-0.15, -0.1) is 0 Å². The Kier molecular flexibility index (Phi) is 5.63. The highest BCUT2D eigenvalue weighted by atomic mass is 19.1. The Balaban J connectivity index is 1.80. The van der Waals surface area contributed by atoms with Crippen molar-refractivity contribution >= 4 is 29.3 Å². The van der Waals surface area contributed by atoms with E-state index in [-0.39, 0.29) is 24.8 Å². The van der Waals surface area contributed by atoms with Crippen LogP contribution in [0.3, 0.4) is 0 Å². The van der Waals surface area contributed by atoms with Gasteiger partial charge in [-0.2, -0.15) is 0 Å². The summed E-state index contributed by atoms with van der Waals surface area (Å²) in [5.41, 5.74) is 1.40. The predicted molar refractivity (Wildman–Crippen MR) is 87.6 cm³/mol. The van der Waals surface area contributed by atoms with Crippen LogP contribution in [0, 0.1) is 5.82 Å². The van der Waals surface area contributed by atoms with Gasteiger partial charge in [0.2, 0.25) is 5.91 Å². The van der Waals surface area contributed by atoms with Gasteiger partial charge in [-0.3, -0.25) is 24.2 Å². The van der Waals surface area contributed by atoms with Crippen LogP contribution in [0.5, 0.6) is 0 Å². The highest BCUT2D eigenvalue weighted by molar-refractivity contribution is 6.44. The summed E-state index contributed by atoms with van der Waals surface area (Å²) < 4.78 is 12.9. The van der Waals surface area contributed by atoms with E-state index in [0.717, 1.165) is 15.4 Å². The summed E-state index contributed by atoms with van der Waals surface area (Å²) in [6.07, 6.45) is 1.71. The quantitative estimate of drug-likeness (QED) is 0.362. The third-order valence-electron chi connectivity index (χ3n) is 3.76. The van der Waals surface area contributed by atoms with E-state index in [9.17, 15) is 23.6 Å². The maximum atomic E-state index is 12.9. The molecule has 0 atom stereocenters. The van der Waals surface area contributed by atoms with Crippen molar-refractivity contribution in [2.75, 3.05) is 20.1 Å². The summed E-state index contributed by atoms with van der Waals surface area (Å²) >= 11 is 0. The van der Waals surface area contributed by atoms with E-state index in [1.54, 1.807) is 19.1 Å². The van der Waals surface area contributed by atoms with E-state index in [1.807, 2.05) is 0 Å². The summed E-state index contributed by atoms with van der Waals surface area (Å²) in [6.45, 7) is 2.02. The van der Waals surface area contributed by atoms with Gasteiger partial charge in [-0.25, -0.2) is 9.18 Å². The van der Waals surface area contributed by atoms with Crippen molar-refractivity contribution in [1.82, 2.24) is 15.1 Å². The van der Waals surface area contributed by atoms with E-state index in [2.05, 4.69) is 5.32 Å². The van der Waals surface area contributed by atoms with E-state index in [4.69, 9.17) is 0 Å². The largest absolute Gasteiger partial charge is 0.352 e. The van der Waals surface area contributed by atoms with Crippen LogP contribution in [-0.2, 0) is 14.4 Å². The Labute approximate surface area is 144 Å². The number of amides is 5. The number of likely N-dealkylation sites (N-methyl/N-ethyl adjacent to an activating group) is 1. The number of nitrogens with one attached hydrogen (secondary N) is 1. The van der Waals surface area contributed by atoms with Crippen LogP contribution in [0.15, 0.2) is 30.3 Å². The Morgan fingerprint density at radius 1 is 1.16 bits per heavy atom. The second-order valence-corrected chi connectivity index (χ2v) is 5.58. The van der Waals surface area contributed by atoms with Crippen LogP contribution >= 0.6 is 0 Å². The molecule has 1 aromatic rings. The summed E-state index contributed by atoms with van der Waals surface area (Å²) in [5.74, 6) is -2.40. The zero-order valence-corrected chi connectivity index (χ0v) is 13.9. The molecule has 0 aliphatic carbocycles.